The minimum atomic E-state index is -0.0454. The third-order valence-electron chi connectivity index (χ3n) is 5.35. The van der Waals surface area contributed by atoms with E-state index < -0.39 is 0 Å². The lowest BCUT2D eigenvalue weighted by molar-refractivity contribution is -0.0585. The second-order valence-electron chi connectivity index (χ2n) is 7.60. The SMILES string of the molecule is COc1ccc(-c2onc(N3CCCC3)c2C(=O)N2C[C@@H](C)O[C@@H](C)C2)cc1. The number of amides is 1. The van der Waals surface area contributed by atoms with Gasteiger partial charge in [-0.3, -0.25) is 4.79 Å². The second-order valence-corrected chi connectivity index (χ2v) is 7.60. The zero-order chi connectivity index (χ0) is 19.7. The summed E-state index contributed by atoms with van der Waals surface area (Å²) in [6.45, 7) is 6.91. The largest absolute Gasteiger partial charge is 0.497 e. The second kappa shape index (κ2) is 7.83. The number of methoxy groups -OCH3 is 1. The van der Waals surface area contributed by atoms with Gasteiger partial charge < -0.3 is 23.8 Å². The molecule has 0 radical (unpaired) electrons. The topological polar surface area (TPSA) is 68.0 Å². The first-order valence-corrected chi connectivity index (χ1v) is 9.90. The zero-order valence-electron chi connectivity index (χ0n) is 16.7. The van der Waals surface area contributed by atoms with E-state index in [2.05, 4.69) is 10.1 Å². The Morgan fingerprint density at radius 1 is 1.11 bits per heavy atom. The normalized spacial score (nSPS) is 22.5. The molecule has 2 aliphatic heterocycles. The molecule has 0 N–H and O–H groups in total. The lowest BCUT2D eigenvalue weighted by Gasteiger charge is -2.35. The molecule has 0 unspecified atom stereocenters. The number of carbonyl (C=O) groups excluding carboxylic acids is 1. The van der Waals surface area contributed by atoms with Crippen LogP contribution in [0.2, 0.25) is 0 Å². The highest BCUT2D eigenvalue weighted by Gasteiger charge is 2.34. The molecule has 2 saturated heterocycles. The maximum atomic E-state index is 13.6. The van der Waals surface area contributed by atoms with E-state index in [1.165, 1.54) is 0 Å². The van der Waals surface area contributed by atoms with E-state index in [9.17, 15) is 4.79 Å². The van der Waals surface area contributed by atoms with Gasteiger partial charge in [-0.15, -0.1) is 0 Å². The van der Waals surface area contributed by atoms with Gasteiger partial charge in [0.05, 0.1) is 19.3 Å². The molecule has 1 amide bonds. The van der Waals surface area contributed by atoms with Gasteiger partial charge >= 0.3 is 0 Å². The Bertz CT molecular complexity index is 817. The van der Waals surface area contributed by atoms with Crippen molar-refractivity contribution in [2.24, 2.45) is 0 Å². The third-order valence-corrected chi connectivity index (χ3v) is 5.35. The zero-order valence-corrected chi connectivity index (χ0v) is 16.7. The minimum Gasteiger partial charge on any atom is -0.497 e. The fourth-order valence-corrected chi connectivity index (χ4v) is 4.06. The van der Waals surface area contributed by atoms with Crippen LogP contribution in [-0.4, -0.2) is 61.5 Å². The molecule has 0 bridgehead atoms. The Balaban J connectivity index is 1.73. The number of ether oxygens (including phenoxy) is 2. The number of rotatable bonds is 4. The highest BCUT2D eigenvalue weighted by molar-refractivity contribution is 6.04. The average molecular weight is 385 g/mol. The molecular weight excluding hydrogens is 358 g/mol. The first-order chi connectivity index (χ1) is 13.6. The van der Waals surface area contributed by atoms with Gasteiger partial charge in [-0.1, -0.05) is 5.16 Å². The van der Waals surface area contributed by atoms with Crippen molar-refractivity contribution in [2.75, 3.05) is 38.2 Å². The monoisotopic (exact) mass is 385 g/mol. The number of hydrogen-bond acceptors (Lipinski definition) is 6. The van der Waals surface area contributed by atoms with Crippen LogP contribution in [0.1, 0.15) is 37.0 Å². The van der Waals surface area contributed by atoms with Crippen molar-refractivity contribution in [3.05, 3.63) is 29.8 Å². The van der Waals surface area contributed by atoms with Crippen molar-refractivity contribution < 1.29 is 18.8 Å². The van der Waals surface area contributed by atoms with E-state index in [-0.39, 0.29) is 18.1 Å². The van der Waals surface area contributed by atoms with Crippen molar-refractivity contribution in [2.45, 2.75) is 38.9 Å². The maximum Gasteiger partial charge on any atom is 0.261 e. The van der Waals surface area contributed by atoms with E-state index in [1.54, 1.807) is 7.11 Å². The molecule has 0 spiro atoms. The Kier molecular flexibility index (Phi) is 5.26. The number of benzene rings is 1. The number of morpholine rings is 1. The molecule has 1 aromatic heterocycles. The van der Waals surface area contributed by atoms with Crippen LogP contribution in [0.15, 0.2) is 28.8 Å². The van der Waals surface area contributed by atoms with Gasteiger partial charge in [0.2, 0.25) is 0 Å². The molecule has 2 fully saturated rings. The number of nitrogens with zero attached hydrogens (tertiary/aromatic N) is 3. The molecule has 0 aliphatic carbocycles. The summed E-state index contributed by atoms with van der Waals surface area (Å²) in [5.74, 6) is 1.88. The lowest BCUT2D eigenvalue weighted by atomic mass is 10.1. The predicted molar refractivity (Wildman–Crippen MR) is 106 cm³/mol. The summed E-state index contributed by atoms with van der Waals surface area (Å²) in [7, 11) is 1.63. The van der Waals surface area contributed by atoms with Gasteiger partial charge in [-0.25, -0.2) is 0 Å². The van der Waals surface area contributed by atoms with Crippen LogP contribution >= 0.6 is 0 Å². The van der Waals surface area contributed by atoms with Crippen LogP contribution < -0.4 is 9.64 Å². The molecule has 2 aromatic rings. The quantitative estimate of drug-likeness (QED) is 0.805. The molecule has 28 heavy (non-hydrogen) atoms. The molecule has 7 nitrogen and oxygen atoms in total. The molecule has 2 aliphatic rings. The molecule has 150 valence electrons. The summed E-state index contributed by atoms with van der Waals surface area (Å²) in [6, 6.07) is 7.52. The van der Waals surface area contributed by atoms with Gasteiger partial charge in [-0.2, -0.15) is 0 Å². The van der Waals surface area contributed by atoms with E-state index in [4.69, 9.17) is 14.0 Å². The molecule has 2 atom stereocenters. The molecule has 3 heterocycles. The van der Waals surface area contributed by atoms with Crippen molar-refractivity contribution in [3.63, 3.8) is 0 Å². The first-order valence-electron chi connectivity index (χ1n) is 9.90. The summed E-state index contributed by atoms with van der Waals surface area (Å²) in [4.78, 5) is 17.6. The summed E-state index contributed by atoms with van der Waals surface area (Å²) < 4.78 is 16.8. The summed E-state index contributed by atoms with van der Waals surface area (Å²) in [6.07, 6.45) is 2.22. The fraction of sp³-hybridized carbons (Fsp3) is 0.524. The van der Waals surface area contributed by atoms with Crippen LogP contribution in [0.3, 0.4) is 0 Å². The Morgan fingerprint density at radius 3 is 2.36 bits per heavy atom. The van der Waals surface area contributed by atoms with Gasteiger partial charge in [0.15, 0.2) is 11.6 Å². The smallest absolute Gasteiger partial charge is 0.261 e. The van der Waals surface area contributed by atoms with Gasteiger partial charge in [0, 0.05) is 31.7 Å². The lowest BCUT2D eigenvalue weighted by Crippen LogP contribution is -2.48. The molecule has 1 aromatic carbocycles. The van der Waals surface area contributed by atoms with E-state index in [1.807, 2.05) is 43.0 Å². The Morgan fingerprint density at radius 2 is 1.75 bits per heavy atom. The summed E-state index contributed by atoms with van der Waals surface area (Å²) >= 11 is 0. The molecule has 4 rings (SSSR count). The predicted octanol–water partition coefficient (Wildman–Crippen LogP) is 3.20. The summed E-state index contributed by atoms with van der Waals surface area (Å²) in [5.41, 5.74) is 1.37. The third kappa shape index (κ3) is 3.58. The van der Waals surface area contributed by atoms with Crippen molar-refractivity contribution in [1.82, 2.24) is 10.1 Å². The van der Waals surface area contributed by atoms with Crippen molar-refractivity contribution in [1.29, 1.82) is 0 Å². The van der Waals surface area contributed by atoms with Crippen LogP contribution in [-0.2, 0) is 4.74 Å². The Hall–Kier alpha value is -2.54. The average Bonchev–Trinajstić information content (AvgIpc) is 3.36. The van der Waals surface area contributed by atoms with Crippen LogP contribution in [0, 0.1) is 0 Å². The minimum absolute atomic E-state index is 0.00670. The van der Waals surface area contributed by atoms with E-state index in [0.717, 1.165) is 37.2 Å². The van der Waals surface area contributed by atoms with Crippen molar-refractivity contribution in [3.8, 4) is 17.1 Å². The Labute approximate surface area is 165 Å². The van der Waals surface area contributed by atoms with Crippen LogP contribution in [0.4, 0.5) is 5.82 Å². The first kappa shape index (κ1) is 18.8. The van der Waals surface area contributed by atoms with Gasteiger partial charge in [0.25, 0.3) is 5.91 Å². The highest BCUT2D eigenvalue weighted by Crippen LogP contribution is 2.35. The molecular formula is C21H27N3O4. The maximum absolute atomic E-state index is 13.6. The number of hydrogen-bond donors (Lipinski definition) is 0. The fourth-order valence-electron chi connectivity index (χ4n) is 4.06. The number of anilines is 1. The number of aromatic nitrogens is 1. The van der Waals surface area contributed by atoms with Gasteiger partial charge in [-0.05, 0) is 51.0 Å². The van der Waals surface area contributed by atoms with E-state index >= 15 is 0 Å². The standard InChI is InChI=1S/C21H27N3O4/c1-14-12-24(13-15(2)27-14)21(25)18-19(16-6-8-17(26-3)9-7-16)28-22-20(18)23-10-4-5-11-23/h6-9,14-15H,4-5,10-13H2,1-3H3/t14-,15+. The van der Waals surface area contributed by atoms with Crippen LogP contribution in [0.25, 0.3) is 11.3 Å². The van der Waals surface area contributed by atoms with Crippen LogP contribution in [0.5, 0.6) is 5.75 Å². The van der Waals surface area contributed by atoms with Crippen molar-refractivity contribution >= 4 is 11.7 Å². The van der Waals surface area contributed by atoms with Gasteiger partial charge in [0.1, 0.15) is 11.3 Å². The highest BCUT2D eigenvalue weighted by atomic mass is 16.5. The molecule has 0 saturated carbocycles. The number of carbonyl (C=O) groups is 1. The molecule has 7 heteroatoms. The van der Waals surface area contributed by atoms with E-state index in [0.29, 0.717) is 30.2 Å². The summed E-state index contributed by atoms with van der Waals surface area (Å²) in [5, 5.41) is 4.31.